The fourth-order valence-electron chi connectivity index (χ4n) is 1.60. The van der Waals surface area contributed by atoms with Gasteiger partial charge in [0, 0.05) is 11.4 Å². The Bertz CT molecular complexity index is 468. The van der Waals surface area contributed by atoms with Crippen LogP contribution in [0.15, 0.2) is 51.3 Å². The number of nitrogens with one attached hydrogen (secondary N) is 1. The van der Waals surface area contributed by atoms with Crippen LogP contribution in [0.1, 0.15) is 19.4 Å². The second kappa shape index (κ2) is 6.61. The molecule has 0 amide bonds. The van der Waals surface area contributed by atoms with E-state index in [9.17, 15) is 0 Å². The van der Waals surface area contributed by atoms with Crippen LogP contribution < -0.4 is 5.32 Å². The quantitative estimate of drug-likeness (QED) is 0.863. The van der Waals surface area contributed by atoms with Crippen LogP contribution in [0.3, 0.4) is 0 Å². The lowest BCUT2D eigenvalue weighted by Gasteiger charge is -2.10. The zero-order valence-electron chi connectivity index (χ0n) is 10.7. The normalized spacial score (nSPS) is 11.1. The first-order chi connectivity index (χ1) is 8.75. The average molecular weight is 262 g/mol. The van der Waals surface area contributed by atoms with Gasteiger partial charge in [-0.15, -0.1) is 0 Å². The Balaban J connectivity index is 2.01. The minimum Gasteiger partial charge on any atom is -0.440 e. The van der Waals surface area contributed by atoms with E-state index in [1.54, 1.807) is 24.2 Å². The first-order valence-corrected chi connectivity index (χ1v) is 6.93. The summed E-state index contributed by atoms with van der Waals surface area (Å²) in [7, 11) is 0. The van der Waals surface area contributed by atoms with E-state index in [0.717, 1.165) is 13.1 Å². The van der Waals surface area contributed by atoms with Crippen LogP contribution in [0.2, 0.25) is 0 Å². The van der Waals surface area contributed by atoms with Gasteiger partial charge >= 0.3 is 0 Å². The maximum Gasteiger partial charge on any atom is 0.260 e. The van der Waals surface area contributed by atoms with Crippen molar-refractivity contribution < 1.29 is 4.42 Å². The smallest absolute Gasteiger partial charge is 0.260 e. The van der Waals surface area contributed by atoms with Gasteiger partial charge in [0.05, 0.1) is 6.20 Å². The van der Waals surface area contributed by atoms with Gasteiger partial charge in [-0.2, -0.15) is 0 Å². The molecular formula is C14H18N2OS. The van der Waals surface area contributed by atoms with Crippen LogP contribution >= 0.6 is 11.8 Å². The van der Waals surface area contributed by atoms with Gasteiger partial charge in [-0.3, -0.25) is 0 Å². The van der Waals surface area contributed by atoms with Crippen molar-refractivity contribution in [3.63, 3.8) is 0 Å². The number of hydrogen-bond donors (Lipinski definition) is 1. The molecule has 0 radical (unpaired) electrons. The Kier molecular flexibility index (Phi) is 4.84. The Morgan fingerprint density at radius 3 is 2.89 bits per heavy atom. The Morgan fingerprint density at radius 2 is 2.17 bits per heavy atom. The molecule has 0 saturated heterocycles. The van der Waals surface area contributed by atoms with Gasteiger partial charge in [0.2, 0.25) is 0 Å². The van der Waals surface area contributed by atoms with E-state index in [0.29, 0.717) is 11.1 Å². The summed E-state index contributed by atoms with van der Waals surface area (Å²) in [5.41, 5.74) is 1.28. The van der Waals surface area contributed by atoms with Crippen molar-refractivity contribution in [2.24, 2.45) is 5.92 Å². The van der Waals surface area contributed by atoms with Crippen LogP contribution in [0.4, 0.5) is 0 Å². The second-order valence-corrected chi connectivity index (χ2v) is 5.53. The Morgan fingerprint density at radius 1 is 1.33 bits per heavy atom. The van der Waals surface area contributed by atoms with Crippen LogP contribution in [0, 0.1) is 5.92 Å². The topological polar surface area (TPSA) is 38.1 Å². The predicted octanol–water partition coefficient (Wildman–Crippen LogP) is 3.57. The SMILES string of the molecule is CC(C)CNCc1ccccc1Sc1ncco1. The minimum atomic E-state index is 0.663. The molecule has 4 heteroatoms. The lowest BCUT2D eigenvalue weighted by Crippen LogP contribution is -2.19. The molecule has 0 spiro atoms. The molecule has 0 atom stereocenters. The van der Waals surface area contributed by atoms with Crippen molar-refractivity contribution in [3.8, 4) is 0 Å². The van der Waals surface area contributed by atoms with Gasteiger partial charge in [-0.05, 0) is 35.9 Å². The number of oxazole rings is 1. The maximum absolute atomic E-state index is 5.27. The first-order valence-electron chi connectivity index (χ1n) is 6.11. The molecule has 1 aromatic heterocycles. The summed E-state index contributed by atoms with van der Waals surface area (Å²) in [6.45, 7) is 6.32. The summed E-state index contributed by atoms with van der Waals surface area (Å²) in [5, 5.41) is 4.14. The van der Waals surface area contributed by atoms with Crippen molar-refractivity contribution in [1.82, 2.24) is 10.3 Å². The van der Waals surface area contributed by atoms with Crippen LogP contribution in [0.25, 0.3) is 0 Å². The summed E-state index contributed by atoms with van der Waals surface area (Å²) in [5.74, 6) is 0.663. The number of nitrogens with zero attached hydrogens (tertiary/aromatic N) is 1. The van der Waals surface area contributed by atoms with Crippen LogP contribution in [-0.2, 0) is 6.54 Å². The van der Waals surface area contributed by atoms with E-state index in [1.165, 1.54) is 10.5 Å². The summed E-state index contributed by atoms with van der Waals surface area (Å²) < 4.78 is 5.27. The lowest BCUT2D eigenvalue weighted by molar-refractivity contribution is 0.454. The molecule has 3 nitrogen and oxygen atoms in total. The van der Waals surface area contributed by atoms with E-state index in [1.807, 2.05) is 6.07 Å². The van der Waals surface area contributed by atoms with Gasteiger partial charge in [0.25, 0.3) is 5.22 Å². The van der Waals surface area contributed by atoms with E-state index in [2.05, 4.69) is 42.3 Å². The third-order valence-electron chi connectivity index (χ3n) is 2.45. The maximum atomic E-state index is 5.27. The van der Waals surface area contributed by atoms with Gasteiger partial charge in [-0.1, -0.05) is 32.0 Å². The molecule has 2 aromatic rings. The van der Waals surface area contributed by atoms with E-state index >= 15 is 0 Å². The summed E-state index contributed by atoms with van der Waals surface area (Å²) in [6.07, 6.45) is 3.27. The highest BCUT2D eigenvalue weighted by Gasteiger charge is 2.06. The van der Waals surface area contributed by atoms with E-state index < -0.39 is 0 Å². The molecule has 18 heavy (non-hydrogen) atoms. The first kappa shape index (κ1) is 13.2. The zero-order chi connectivity index (χ0) is 12.8. The molecule has 0 aliphatic rings. The molecule has 0 aliphatic carbocycles. The molecule has 0 saturated carbocycles. The number of hydrogen-bond acceptors (Lipinski definition) is 4. The predicted molar refractivity (Wildman–Crippen MR) is 73.6 cm³/mol. The summed E-state index contributed by atoms with van der Waals surface area (Å²) in [4.78, 5) is 5.33. The molecule has 1 aromatic carbocycles. The number of benzene rings is 1. The van der Waals surface area contributed by atoms with Gasteiger partial charge in [0.1, 0.15) is 6.26 Å². The third kappa shape index (κ3) is 3.89. The minimum absolute atomic E-state index is 0.663. The molecule has 1 N–H and O–H groups in total. The van der Waals surface area contributed by atoms with Crippen molar-refractivity contribution in [2.45, 2.75) is 30.5 Å². The number of rotatable bonds is 6. The zero-order valence-corrected chi connectivity index (χ0v) is 11.5. The molecule has 0 fully saturated rings. The molecule has 0 aliphatic heterocycles. The van der Waals surface area contributed by atoms with Gasteiger partial charge in [0.15, 0.2) is 0 Å². The largest absolute Gasteiger partial charge is 0.440 e. The molecule has 96 valence electrons. The van der Waals surface area contributed by atoms with Crippen molar-refractivity contribution in [2.75, 3.05) is 6.54 Å². The van der Waals surface area contributed by atoms with E-state index in [4.69, 9.17) is 4.42 Å². The van der Waals surface area contributed by atoms with Crippen LogP contribution in [-0.4, -0.2) is 11.5 Å². The van der Waals surface area contributed by atoms with Crippen molar-refractivity contribution in [1.29, 1.82) is 0 Å². The fourth-order valence-corrected chi connectivity index (χ4v) is 2.42. The van der Waals surface area contributed by atoms with Crippen LogP contribution in [0.5, 0.6) is 0 Å². The standard InChI is InChI=1S/C14H18N2OS/c1-11(2)9-15-10-12-5-3-4-6-13(12)18-14-16-7-8-17-14/h3-8,11,15H,9-10H2,1-2H3. The number of aromatic nitrogens is 1. The second-order valence-electron chi connectivity index (χ2n) is 4.53. The van der Waals surface area contributed by atoms with Gasteiger partial charge in [-0.25, -0.2) is 4.98 Å². The highest BCUT2D eigenvalue weighted by Crippen LogP contribution is 2.28. The molecule has 2 rings (SSSR count). The highest BCUT2D eigenvalue weighted by atomic mass is 32.2. The van der Waals surface area contributed by atoms with Crippen molar-refractivity contribution in [3.05, 3.63) is 42.3 Å². The average Bonchev–Trinajstić information content (AvgIpc) is 2.84. The van der Waals surface area contributed by atoms with Gasteiger partial charge < -0.3 is 9.73 Å². The summed E-state index contributed by atoms with van der Waals surface area (Å²) in [6, 6.07) is 8.34. The third-order valence-corrected chi connectivity index (χ3v) is 3.44. The van der Waals surface area contributed by atoms with Crippen molar-refractivity contribution >= 4 is 11.8 Å². The molecule has 0 bridgehead atoms. The molecule has 1 heterocycles. The lowest BCUT2D eigenvalue weighted by atomic mass is 10.2. The fraction of sp³-hybridized carbons (Fsp3) is 0.357. The highest BCUT2D eigenvalue weighted by molar-refractivity contribution is 7.99. The monoisotopic (exact) mass is 262 g/mol. The summed E-state index contributed by atoms with van der Waals surface area (Å²) >= 11 is 1.56. The Hall–Kier alpha value is -1.26. The van der Waals surface area contributed by atoms with E-state index in [-0.39, 0.29) is 0 Å². The Labute approximate surface area is 112 Å². The molecular weight excluding hydrogens is 244 g/mol. The molecule has 0 unspecified atom stereocenters.